The first-order valence-electron chi connectivity index (χ1n) is 7.79. The lowest BCUT2D eigenvalue weighted by atomic mass is 9.94. The van der Waals surface area contributed by atoms with E-state index in [-0.39, 0.29) is 0 Å². The molecule has 1 heterocycles. The second kappa shape index (κ2) is 4.32. The lowest BCUT2D eigenvalue weighted by molar-refractivity contribution is 0.365. The molecule has 3 N–H and O–H groups in total. The Morgan fingerprint density at radius 2 is 2.16 bits per heavy atom. The van der Waals surface area contributed by atoms with E-state index in [9.17, 15) is 0 Å². The molecule has 3 saturated carbocycles. The van der Waals surface area contributed by atoms with Gasteiger partial charge < -0.3 is 0 Å². The van der Waals surface area contributed by atoms with Crippen LogP contribution in [0.15, 0.2) is 12.4 Å². The highest BCUT2D eigenvalue weighted by molar-refractivity contribution is 5.18. The smallest absolute Gasteiger partial charge is 0.0522 e. The molecule has 3 fully saturated rings. The largest absolute Gasteiger partial charge is 0.273 e. The molecule has 1 aromatic heterocycles. The SMILES string of the molecule is CCn1cc(CC(NN)C2C3C4CCC(C4)C32)cn1. The maximum absolute atomic E-state index is 5.84. The van der Waals surface area contributed by atoms with Gasteiger partial charge in [0.15, 0.2) is 0 Å². The summed E-state index contributed by atoms with van der Waals surface area (Å²) in [6.45, 7) is 3.07. The molecule has 4 heteroatoms. The molecule has 0 aliphatic heterocycles. The van der Waals surface area contributed by atoms with Gasteiger partial charge in [-0.25, -0.2) is 0 Å². The third kappa shape index (κ3) is 1.77. The summed E-state index contributed by atoms with van der Waals surface area (Å²) in [5.74, 6) is 10.7. The second-order valence-corrected chi connectivity index (χ2v) is 6.75. The summed E-state index contributed by atoms with van der Waals surface area (Å²) in [6, 6.07) is 0.452. The second-order valence-electron chi connectivity index (χ2n) is 6.75. The molecule has 3 aliphatic rings. The van der Waals surface area contributed by atoms with Crippen molar-refractivity contribution in [1.29, 1.82) is 0 Å². The highest BCUT2D eigenvalue weighted by atomic mass is 15.3. The Morgan fingerprint density at radius 3 is 2.74 bits per heavy atom. The minimum Gasteiger partial charge on any atom is -0.273 e. The van der Waals surface area contributed by atoms with E-state index >= 15 is 0 Å². The summed E-state index contributed by atoms with van der Waals surface area (Å²) >= 11 is 0. The summed E-state index contributed by atoms with van der Waals surface area (Å²) in [7, 11) is 0. The molecule has 104 valence electrons. The van der Waals surface area contributed by atoms with Crippen molar-refractivity contribution in [2.75, 3.05) is 0 Å². The van der Waals surface area contributed by atoms with Crippen molar-refractivity contribution in [2.24, 2.45) is 35.4 Å². The first-order valence-corrected chi connectivity index (χ1v) is 7.79. The highest BCUT2D eigenvalue weighted by Crippen LogP contribution is 2.70. The summed E-state index contributed by atoms with van der Waals surface area (Å²) in [6.07, 6.45) is 9.67. The van der Waals surface area contributed by atoms with Crippen molar-refractivity contribution in [3.63, 3.8) is 0 Å². The Labute approximate surface area is 114 Å². The van der Waals surface area contributed by atoms with E-state index in [0.717, 1.165) is 42.6 Å². The predicted octanol–water partition coefficient (Wildman–Crippen LogP) is 1.57. The normalized spacial score (nSPS) is 40.4. The van der Waals surface area contributed by atoms with Crippen molar-refractivity contribution in [3.8, 4) is 0 Å². The number of hydrogen-bond donors (Lipinski definition) is 2. The van der Waals surface area contributed by atoms with Gasteiger partial charge in [0.25, 0.3) is 0 Å². The Kier molecular flexibility index (Phi) is 2.71. The molecule has 0 spiro atoms. The first-order chi connectivity index (χ1) is 9.31. The van der Waals surface area contributed by atoms with E-state index in [1.807, 2.05) is 10.9 Å². The van der Waals surface area contributed by atoms with Crippen LogP contribution in [0.1, 0.15) is 31.7 Å². The number of rotatable bonds is 5. The van der Waals surface area contributed by atoms with E-state index in [1.54, 1.807) is 0 Å². The Hall–Kier alpha value is -0.870. The topological polar surface area (TPSA) is 55.9 Å². The number of nitrogens with one attached hydrogen (secondary N) is 1. The molecule has 0 saturated heterocycles. The van der Waals surface area contributed by atoms with Crippen molar-refractivity contribution in [2.45, 2.75) is 45.2 Å². The Bertz CT molecular complexity index is 452. The molecule has 4 nitrogen and oxygen atoms in total. The molecule has 3 aliphatic carbocycles. The van der Waals surface area contributed by atoms with Gasteiger partial charge in [-0.05, 0) is 67.8 Å². The van der Waals surface area contributed by atoms with Gasteiger partial charge in [-0.2, -0.15) is 5.10 Å². The van der Waals surface area contributed by atoms with E-state index in [0.29, 0.717) is 6.04 Å². The average molecular weight is 260 g/mol. The minimum absolute atomic E-state index is 0.452. The number of hydrogen-bond acceptors (Lipinski definition) is 3. The molecular formula is C15H24N4. The van der Waals surface area contributed by atoms with Gasteiger partial charge in [0.05, 0.1) is 6.20 Å². The Morgan fingerprint density at radius 1 is 1.42 bits per heavy atom. The van der Waals surface area contributed by atoms with Gasteiger partial charge in [0.1, 0.15) is 0 Å². The van der Waals surface area contributed by atoms with Crippen molar-refractivity contribution in [1.82, 2.24) is 15.2 Å². The number of fused-ring (bicyclic) bond motifs is 5. The number of nitrogens with two attached hydrogens (primary N) is 1. The molecule has 2 bridgehead atoms. The molecule has 5 atom stereocenters. The van der Waals surface area contributed by atoms with Gasteiger partial charge in [0.2, 0.25) is 0 Å². The molecule has 4 rings (SSSR count). The van der Waals surface area contributed by atoms with Crippen LogP contribution < -0.4 is 11.3 Å². The van der Waals surface area contributed by atoms with Gasteiger partial charge in [0, 0.05) is 18.8 Å². The van der Waals surface area contributed by atoms with Crippen LogP contribution in [-0.2, 0) is 13.0 Å². The summed E-state index contributed by atoms with van der Waals surface area (Å²) < 4.78 is 2.00. The summed E-state index contributed by atoms with van der Waals surface area (Å²) in [5.41, 5.74) is 4.42. The summed E-state index contributed by atoms with van der Waals surface area (Å²) in [5, 5.41) is 4.36. The van der Waals surface area contributed by atoms with Crippen molar-refractivity contribution in [3.05, 3.63) is 18.0 Å². The lowest BCUT2D eigenvalue weighted by Gasteiger charge is -2.19. The Balaban J connectivity index is 1.45. The van der Waals surface area contributed by atoms with E-state index in [1.165, 1.54) is 24.8 Å². The highest BCUT2D eigenvalue weighted by Gasteiger charge is 2.66. The fraction of sp³-hybridized carbons (Fsp3) is 0.800. The number of aromatic nitrogens is 2. The van der Waals surface area contributed by atoms with Crippen LogP contribution in [0.4, 0.5) is 0 Å². The predicted molar refractivity (Wildman–Crippen MR) is 74.0 cm³/mol. The lowest BCUT2D eigenvalue weighted by Crippen LogP contribution is -2.40. The van der Waals surface area contributed by atoms with Crippen LogP contribution in [0.3, 0.4) is 0 Å². The van der Waals surface area contributed by atoms with Crippen molar-refractivity contribution >= 4 is 0 Å². The fourth-order valence-corrected chi connectivity index (χ4v) is 5.18. The quantitative estimate of drug-likeness (QED) is 0.624. The molecule has 1 aromatic rings. The zero-order valence-electron chi connectivity index (χ0n) is 11.6. The van der Waals surface area contributed by atoms with E-state index in [2.05, 4.69) is 23.6 Å². The molecule has 0 aromatic carbocycles. The van der Waals surface area contributed by atoms with Gasteiger partial charge in [-0.1, -0.05) is 0 Å². The minimum atomic E-state index is 0.452. The molecule has 19 heavy (non-hydrogen) atoms. The number of aryl methyl sites for hydroxylation is 1. The molecular weight excluding hydrogens is 236 g/mol. The monoisotopic (exact) mass is 260 g/mol. The van der Waals surface area contributed by atoms with Crippen LogP contribution in [0.5, 0.6) is 0 Å². The van der Waals surface area contributed by atoms with Crippen molar-refractivity contribution < 1.29 is 0 Å². The van der Waals surface area contributed by atoms with Gasteiger partial charge >= 0.3 is 0 Å². The maximum atomic E-state index is 5.84. The molecule has 0 amide bonds. The standard InChI is InChI=1S/C15H24N4/c1-2-19-8-9(7-17-19)5-12(18-16)15-13-10-3-4-11(6-10)14(13)15/h7-8,10-15,18H,2-6,16H2,1H3. The van der Waals surface area contributed by atoms with E-state index in [4.69, 9.17) is 5.84 Å². The van der Waals surface area contributed by atoms with Gasteiger partial charge in [-0.3, -0.25) is 16.0 Å². The third-order valence-corrected chi connectivity index (χ3v) is 5.94. The number of nitrogens with zero attached hydrogens (tertiary/aromatic N) is 2. The van der Waals surface area contributed by atoms with Gasteiger partial charge in [-0.15, -0.1) is 0 Å². The zero-order chi connectivity index (χ0) is 13.0. The zero-order valence-corrected chi connectivity index (χ0v) is 11.6. The number of hydrazine groups is 1. The maximum Gasteiger partial charge on any atom is 0.0522 e. The van der Waals surface area contributed by atoms with E-state index < -0.39 is 0 Å². The van der Waals surface area contributed by atoms with Crippen LogP contribution in [0.2, 0.25) is 0 Å². The van der Waals surface area contributed by atoms with Crippen LogP contribution in [0, 0.1) is 29.6 Å². The average Bonchev–Trinajstić information content (AvgIpc) is 2.84. The summed E-state index contributed by atoms with van der Waals surface area (Å²) in [4.78, 5) is 0. The molecule has 0 radical (unpaired) electrons. The third-order valence-electron chi connectivity index (χ3n) is 5.94. The van der Waals surface area contributed by atoms with Crippen LogP contribution in [-0.4, -0.2) is 15.8 Å². The molecule has 5 unspecified atom stereocenters. The van der Waals surface area contributed by atoms with Crippen LogP contribution >= 0.6 is 0 Å². The fourth-order valence-electron chi connectivity index (χ4n) is 5.18. The first kappa shape index (κ1) is 11.9. The van der Waals surface area contributed by atoms with Crippen LogP contribution in [0.25, 0.3) is 0 Å².